The molecule has 0 aliphatic heterocycles. The first-order valence-corrected chi connectivity index (χ1v) is 8.18. The number of pyridine rings is 1. The zero-order chi connectivity index (χ0) is 19.0. The lowest BCUT2D eigenvalue weighted by Crippen LogP contribution is -2.20. The van der Waals surface area contributed by atoms with Gasteiger partial charge in [-0.3, -0.25) is 4.79 Å². The standard InChI is InChI=1S/C20H14FN3O3/c21-17-4-1-3-15-18(17)23(12-16(19(15)25)20(26)27)11-13-5-7-14(8-6-13)24-10-2-9-22-24/h1-10,12H,11H2,(H,26,27). The highest BCUT2D eigenvalue weighted by atomic mass is 19.1. The molecule has 0 unspecified atom stereocenters. The van der Waals surface area contributed by atoms with E-state index in [0.29, 0.717) is 0 Å². The van der Waals surface area contributed by atoms with Gasteiger partial charge in [0, 0.05) is 30.5 Å². The van der Waals surface area contributed by atoms with E-state index in [1.54, 1.807) is 10.9 Å². The SMILES string of the molecule is O=C(O)c1cn(Cc2ccc(-n3cccn3)cc2)c2c(F)cccc2c1=O. The van der Waals surface area contributed by atoms with E-state index in [9.17, 15) is 19.1 Å². The third-order valence-electron chi connectivity index (χ3n) is 4.34. The van der Waals surface area contributed by atoms with Gasteiger partial charge >= 0.3 is 5.97 Å². The number of fused-ring (bicyclic) bond motifs is 1. The fourth-order valence-electron chi connectivity index (χ4n) is 3.06. The summed E-state index contributed by atoms with van der Waals surface area (Å²) in [6.45, 7) is 0.220. The van der Waals surface area contributed by atoms with Gasteiger partial charge in [-0.05, 0) is 35.9 Å². The van der Waals surface area contributed by atoms with E-state index in [-0.39, 0.29) is 23.0 Å². The summed E-state index contributed by atoms with van der Waals surface area (Å²) in [6.07, 6.45) is 4.69. The molecule has 7 heteroatoms. The largest absolute Gasteiger partial charge is 0.477 e. The van der Waals surface area contributed by atoms with Crippen LogP contribution in [0.15, 0.2) is 71.9 Å². The third kappa shape index (κ3) is 2.99. The number of aromatic carboxylic acids is 1. The van der Waals surface area contributed by atoms with E-state index in [4.69, 9.17) is 0 Å². The molecule has 0 spiro atoms. The molecule has 0 aliphatic carbocycles. The Bertz CT molecular complexity index is 1200. The number of carboxylic acid groups (broad SMARTS) is 1. The van der Waals surface area contributed by atoms with E-state index >= 15 is 0 Å². The van der Waals surface area contributed by atoms with Crippen LogP contribution in [-0.4, -0.2) is 25.4 Å². The van der Waals surface area contributed by atoms with Crippen LogP contribution in [0.4, 0.5) is 4.39 Å². The highest BCUT2D eigenvalue weighted by molar-refractivity contribution is 5.92. The van der Waals surface area contributed by atoms with Gasteiger partial charge in [-0.1, -0.05) is 18.2 Å². The Morgan fingerprint density at radius 3 is 2.56 bits per heavy atom. The molecule has 2 heterocycles. The van der Waals surface area contributed by atoms with E-state index < -0.39 is 17.2 Å². The zero-order valence-electron chi connectivity index (χ0n) is 14.0. The minimum Gasteiger partial charge on any atom is -0.477 e. The molecule has 1 N–H and O–H groups in total. The Hall–Kier alpha value is -3.74. The van der Waals surface area contributed by atoms with E-state index in [1.807, 2.05) is 36.5 Å². The summed E-state index contributed by atoms with van der Waals surface area (Å²) < 4.78 is 17.6. The van der Waals surface area contributed by atoms with Gasteiger partial charge in [-0.15, -0.1) is 0 Å². The molecule has 134 valence electrons. The van der Waals surface area contributed by atoms with Gasteiger partial charge in [0.2, 0.25) is 5.43 Å². The topological polar surface area (TPSA) is 77.1 Å². The van der Waals surface area contributed by atoms with Crippen LogP contribution in [0.25, 0.3) is 16.6 Å². The Labute approximate surface area is 152 Å². The van der Waals surface area contributed by atoms with E-state index in [1.165, 1.54) is 29.0 Å². The van der Waals surface area contributed by atoms with Crippen molar-refractivity contribution < 1.29 is 14.3 Å². The highest BCUT2D eigenvalue weighted by Crippen LogP contribution is 2.18. The molecule has 4 aromatic rings. The van der Waals surface area contributed by atoms with Crippen molar-refractivity contribution in [2.45, 2.75) is 6.54 Å². The molecular weight excluding hydrogens is 349 g/mol. The quantitative estimate of drug-likeness (QED) is 0.604. The van der Waals surface area contributed by atoms with Crippen molar-refractivity contribution in [1.29, 1.82) is 0 Å². The van der Waals surface area contributed by atoms with Gasteiger partial charge in [-0.2, -0.15) is 5.10 Å². The Balaban J connectivity index is 1.80. The molecule has 0 amide bonds. The zero-order valence-corrected chi connectivity index (χ0v) is 14.0. The Kier molecular flexibility index (Phi) is 4.04. The van der Waals surface area contributed by atoms with Crippen molar-refractivity contribution in [2.24, 2.45) is 0 Å². The predicted molar refractivity (Wildman–Crippen MR) is 97.8 cm³/mol. The number of nitrogens with zero attached hydrogens (tertiary/aromatic N) is 3. The van der Waals surface area contributed by atoms with Crippen LogP contribution in [-0.2, 0) is 6.54 Å². The van der Waals surface area contributed by atoms with Crippen LogP contribution >= 0.6 is 0 Å². The number of hydrogen-bond donors (Lipinski definition) is 1. The maximum absolute atomic E-state index is 14.4. The molecular formula is C20H14FN3O3. The van der Waals surface area contributed by atoms with Gasteiger partial charge in [-0.25, -0.2) is 13.9 Å². The van der Waals surface area contributed by atoms with Crippen molar-refractivity contribution in [3.63, 3.8) is 0 Å². The fourth-order valence-corrected chi connectivity index (χ4v) is 3.06. The fraction of sp³-hybridized carbons (Fsp3) is 0.0500. The van der Waals surface area contributed by atoms with Gasteiger partial charge in [0.25, 0.3) is 0 Å². The van der Waals surface area contributed by atoms with Gasteiger partial charge < -0.3 is 9.67 Å². The van der Waals surface area contributed by atoms with E-state index in [0.717, 1.165) is 11.3 Å². The monoisotopic (exact) mass is 363 g/mol. The molecule has 0 bridgehead atoms. The molecule has 0 atom stereocenters. The normalized spacial score (nSPS) is 11.0. The van der Waals surface area contributed by atoms with Gasteiger partial charge in [0.05, 0.1) is 11.2 Å². The molecule has 2 aromatic carbocycles. The maximum atomic E-state index is 14.4. The van der Waals surface area contributed by atoms with Crippen molar-refractivity contribution in [3.05, 3.63) is 94.3 Å². The second-order valence-electron chi connectivity index (χ2n) is 6.06. The lowest BCUT2D eigenvalue weighted by Gasteiger charge is -2.13. The lowest BCUT2D eigenvalue weighted by molar-refractivity contribution is 0.0695. The number of carbonyl (C=O) groups is 1. The van der Waals surface area contributed by atoms with Crippen molar-refractivity contribution in [2.75, 3.05) is 0 Å². The number of rotatable bonds is 4. The van der Waals surface area contributed by atoms with Crippen LogP contribution in [0.5, 0.6) is 0 Å². The first kappa shape index (κ1) is 16.7. The van der Waals surface area contributed by atoms with Crippen molar-refractivity contribution in [1.82, 2.24) is 14.3 Å². The second-order valence-corrected chi connectivity index (χ2v) is 6.06. The summed E-state index contributed by atoms with van der Waals surface area (Å²) in [4.78, 5) is 23.7. The summed E-state index contributed by atoms with van der Waals surface area (Å²) in [5.41, 5.74) is 0.702. The highest BCUT2D eigenvalue weighted by Gasteiger charge is 2.16. The predicted octanol–water partition coefficient (Wildman–Crippen LogP) is 3.07. The Morgan fingerprint density at radius 2 is 1.89 bits per heavy atom. The summed E-state index contributed by atoms with van der Waals surface area (Å²) in [5, 5.41) is 13.5. The lowest BCUT2D eigenvalue weighted by atomic mass is 10.1. The minimum atomic E-state index is -1.34. The number of aromatic nitrogens is 3. The number of benzene rings is 2. The van der Waals surface area contributed by atoms with Crippen molar-refractivity contribution in [3.8, 4) is 5.69 Å². The molecule has 0 fully saturated rings. The summed E-state index contributed by atoms with van der Waals surface area (Å²) in [7, 11) is 0. The first-order chi connectivity index (χ1) is 13.0. The number of hydrogen-bond acceptors (Lipinski definition) is 3. The number of halogens is 1. The van der Waals surface area contributed by atoms with Crippen LogP contribution in [0, 0.1) is 5.82 Å². The molecule has 0 saturated heterocycles. The molecule has 0 aliphatic rings. The second kappa shape index (κ2) is 6.53. The number of carboxylic acids is 1. The summed E-state index contributed by atoms with van der Waals surface area (Å²) in [6, 6.07) is 13.3. The molecule has 0 saturated carbocycles. The van der Waals surface area contributed by atoms with Crippen LogP contribution in [0.2, 0.25) is 0 Å². The first-order valence-electron chi connectivity index (χ1n) is 8.18. The molecule has 27 heavy (non-hydrogen) atoms. The smallest absolute Gasteiger partial charge is 0.341 e. The maximum Gasteiger partial charge on any atom is 0.341 e. The number of para-hydroxylation sites is 1. The molecule has 2 aromatic heterocycles. The average molecular weight is 363 g/mol. The molecule has 0 radical (unpaired) electrons. The Morgan fingerprint density at radius 1 is 1.11 bits per heavy atom. The van der Waals surface area contributed by atoms with E-state index in [2.05, 4.69) is 5.10 Å². The third-order valence-corrected chi connectivity index (χ3v) is 4.34. The van der Waals surface area contributed by atoms with Crippen LogP contribution < -0.4 is 5.43 Å². The summed E-state index contributed by atoms with van der Waals surface area (Å²) >= 11 is 0. The molecule has 4 rings (SSSR count). The molecule has 6 nitrogen and oxygen atoms in total. The average Bonchev–Trinajstić information content (AvgIpc) is 3.19. The van der Waals surface area contributed by atoms with Crippen molar-refractivity contribution >= 4 is 16.9 Å². The minimum absolute atomic E-state index is 0.0445. The summed E-state index contributed by atoms with van der Waals surface area (Å²) in [5.74, 6) is -1.91. The van der Waals surface area contributed by atoms with Crippen LogP contribution in [0.1, 0.15) is 15.9 Å². The van der Waals surface area contributed by atoms with Crippen LogP contribution in [0.3, 0.4) is 0 Å². The van der Waals surface area contributed by atoms with Gasteiger partial charge in [0.15, 0.2) is 0 Å². The van der Waals surface area contributed by atoms with Gasteiger partial charge in [0.1, 0.15) is 11.4 Å².